The first kappa shape index (κ1) is 13.1. The molecule has 1 aliphatic heterocycles. The van der Waals surface area contributed by atoms with E-state index in [0.29, 0.717) is 5.56 Å². The molecule has 106 valence electrons. The first-order valence-electron chi connectivity index (χ1n) is 7.04. The molecule has 0 radical (unpaired) electrons. The molecule has 0 aromatic carbocycles. The highest BCUT2D eigenvalue weighted by atomic mass is 16.2. The summed E-state index contributed by atoms with van der Waals surface area (Å²) in [7, 11) is 1.93. The minimum atomic E-state index is 0.0629. The second-order valence-corrected chi connectivity index (χ2v) is 5.17. The van der Waals surface area contributed by atoms with Crippen LogP contribution in [0.5, 0.6) is 0 Å². The van der Waals surface area contributed by atoms with Gasteiger partial charge in [-0.3, -0.25) is 9.78 Å². The number of hydrogen-bond donors (Lipinski definition) is 1. The van der Waals surface area contributed by atoms with Gasteiger partial charge in [-0.05, 0) is 26.3 Å². The van der Waals surface area contributed by atoms with E-state index in [0.717, 1.165) is 31.4 Å². The number of rotatable bonds is 3. The summed E-state index contributed by atoms with van der Waals surface area (Å²) in [5, 5.41) is 7.40. The van der Waals surface area contributed by atoms with E-state index in [1.807, 2.05) is 11.9 Å². The number of hydrogen-bond acceptors (Lipinski definition) is 4. The smallest absolute Gasteiger partial charge is 0.258 e. The van der Waals surface area contributed by atoms with E-state index >= 15 is 0 Å². The molecular weight excluding hydrogens is 254 g/mol. The summed E-state index contributed by atoms with van der Waals surface area (Å²) < 4.78 is 1.69. The van der Waals surface area contributed by atoms with Gasteiger partial charge in [0, 0.05) is 31.5 Å². The summed E-state index contributed by atoms with van der Waals surface area (Å²) in [5.74, 6) is 0.0629. The minimum absolute atomic E-state index is 0.0629. The molecule has 2 aromatic heterocycles. The average molecular weight is 273 g/mol. The molecule has 1 unspecified atom stereocenters. The van der Waals surface area contributed by atoms with Crippen LogP contribution >= 0.6 is 0 Å². The Morgan fingerprint density at radius 3 is 3.20 bits per heavy atom. The van der Waals surface area contributed by atoms with Crippen LogP contribution in [-0.2, 0) is 0 Å². The SMILES string of the molecule is CNCC1CCCCN1C(=O)c1cnn2ccncc12. The van der Waals surface area contributed by atoms with Crippen molar-refractivity contribution in [1.82, 2.24) is 24.8 Å². The molecule has 20 heavy (non-hydrogen) atoms. The predicted molar refractivity (Wildman–Crippen MR) is 75.6 cm³/mol. The maximum absolute atomic E-state index is 12.8. The molecule has 1 N–H and O–H groups in total. The number of carbonyl (C=O) groups is 1. The van der Waals surface area contributed by atoms with Gasteiger partial charge in [0.2, 0.25) is 0 Å². The van der Waals surface area contributed by atoms with E-state index in [1.54, 1.807) is 29.3 Å². The van der Waals surface area contributed by atoms with E-state index in [1.165, 1.54) is 6.42 Å². The van der Waals surface area contributed by atoms with Crippen molar-refractivity contribution in [2.75, 3.05) is 20.1 Å². The molecule has 2 aromatic rings. The lowest BCUT2D eigenvalue weighted by molar-refractivity contribution is 0.0617. The van der Waals surface area contributed by atoms with Gasteiger partial charge in [-0.15, -0.1) is 0 Å². The lowest BCUT2D eigenvalue weighted by atomic mass is 10.0. The zero-order valence-electron chi connectivity index (χ0n) is 11.6. The van der Waals surface area contributed by atoms with Gasteiger partial charge in [-0.1, -0.05) is 0 Å². The Hall–Kier alpha value is -1.95. The predicted octanol–water partition coefficient (Wildman–Crippen LogP) is 0.943. The van der Waals surface area contributed by atoms with E-state index < -0.39 is 0 Å². The van der Waals surface area contributed by atoms with Crippen LogP contribution in [-0.4, -0.2) is 51.6 Å². The third-order valence-corrected chi connectivity index (χ3v) is 3.88. The minimum Gasteiger partial charge on any atom is -0.334 e. The first-order chi connectivity index (χ1) is 9.81. The number of likely N-dealkylation sites (tertiary alicyclic amines) is 1. The highest BCUT2D eigenvalue weighted by molar-refractivity contribution is 6.00. The Balaban J connectivity index is 1.90. The monoisotopic (exact) mass is 273 g/mol. The lowest BCUT2D eigenvalue weighted by Gasteiger charge is -2.35. The van der Waals surface area contributed by atoms with Gasteiger partial charge in [0.15, 0.2) is 0 Å². The fourth-order valence-electron chi connectivity index (χ4n) is 2.87. The topological polar surface area (TPSA) is 62.5 Å². The number of likely N-dealkylation sites (N-methyl/N-ethyl adjacent to an activating group) is 1. The molecule has 1 amide bonds. The van der Waals surface area contributed by atoms with Crippen LogP contribution in [0.25, 0.3) is 5.52 Å². The van der Waals surface area contributed by atoms with Gasteiger partial charge in [0.25, 0.3) is 5.91 Å². The summed E-state index contributed by atoms with van der Waals surface area (Å²) in [6.07, 6.45) is 10.1. The van der Waals surface area contributed by atoms with Crippen LogP contribution in [0.15, 0.2) is 24.8 Å². The van der Waals surface area contributed by atoms with Crippen LogP contribution in [0.3, 0.4) is 0 Å². The summed E-state index contributed by atoms with van der Waals surface area (Å²) in [4.78, 5) is 18.8. The number of fused-ring (bicyclic) bond motifs is 1. The second-order valence-electron chi connectivity index (χ2n) is 5.17. The fourth-order valence-corrected chi connectivity index (χ4v) is 2.87. The van der Waals surface area contributed by atoms with Gasteiger partial charge in [0.1, 0.15) is 0 Å². The Labute approximate surface area is 117 Å². The molecular formula is C14H19N5O. The number of amides is 1. The molecule has 0 saturated carbocycles. The average Bonchev–Trinajstić information content (AvgIpc) is 2.91. The molecule has 3 rings (SSSR count). The number of nitrogens with zero attached hydrogens (tertiary/aromatic N) is 4. The largest absolute Gasteiger partial charge is 0.334 e. The fraction of sp³-hybridized carbons (Fsp3) is 0.500. The first-order valence-corrected chi connectivity index (χ1v) is 7.04. The molecule has 0 aliphatic carbocycles. The van der Waals surface area contributed by atoms with Crippen molar-refractivity contribution >= 4 is 11.4 Å². The number of carbonyl (C=O) groups excluding carboxylic acids is 1. The normalized spacial score (nSPS) is 19.4. The second kappa shape index (κ2) is 5.58. The summed E-state index contributed by atoms with van der Waals surface area (Å²) in [6.45, 7) is 1.66. The van der Waals surface area contributed by atoms with Gasteiger partial charge < -0.3 is 10.2 Å². The summed E-state index contributed by atoms with van der Waals surface area (Å²) in [6, 6.07) is 0.271. The molecule has 1 saturated heterocycles. The van der Waals surface area contributed by atoms with Gasteiger partial charge in [-0.2, -0.15) is 5.10 Å². The van der Waals surface area contributed by atoms with Gasteiger partial charge in [0.05, 0.1) is 23.5 Å². The quantitative estimate of drug-likeness (QED) is 0.904. The van der Waals surface area contributed by atoms with Crippen LogP contribution in [0.1, 0.15) is 29.6 Å². The molecule has 6 heteroatoms. The van der Waals surface area contributed by atoms with Crippen molar-refractivity contribution in [1.29, 1.82) is 0 Å². The van der Waals surface area contributed by atoms with Gasteiger partial charge >= 0.3 is 0 Å². The van der Waals surface area contributed by atoms with Crippen LogP contribution in [0.4, 0.5) is 0 Å². The Kier molecular flexibility index (Phi) is 3.64. The van der Waals surface area contributed by atoms with E-state index in [4.69, 9.17) is 0 Å². The van der Waals surface area contributed by atoms with Crippen molar-refractivity contribution in [3.05, 3.63) is 30.4 Å². The molecule has 3 heterocycles. The van der Waals surface area contributed by atoms with Crippen molar-refractivity contribution in [3.63, 3.8) is 0 Å². The lowest BCUT2D eigenvalue weighted by Crippen LogP contribution is -2.48. The third kappa shape index (κ3) is 2.27. The number of piperidine rings is 1. The molecule has 0 bridgehead atoms. The Morgan fingerprint density at radius 1 is 1.45 bits per heavy atom. The van der Waals surface area contributed by atoms with E-state index in [-0.39, 0.29) is 11.9 Å². The number of aromatic nitrogens is 3. The maximum atomic E-state index is 12.8. The van der Waals surface area contributed by atoms with Crippen molar-refractivity contribution in [2.24, 2.45) is 0 Å². The van der Waals surface area contributed by atoms with E-state index in [9.17, 15) is 4.79 Å². The standard InChI is InChI=1S/C14H19N5O/c1-15-8-11-4-2-3-6-18(11)14(20)12-9-17-19-7-5-16-10-13(12)19/h5,7,9-11,15H,2-4,6,8H2,1H3. The third-order valence-electron chi connectivity index (χ3n) is 3.88. The van der Waals surface area contributed by atoms with Crippen LogP contribution in [0.2, 0.25) is 0 Å². The maximum Gasteiger partial charge on any atom is 0.258 e. The number of nitrogens with one attached hydrogen (secondary N) is 1. The van der Waals surface area contributed by atoms with E-state index in [2.05, 4.69) is 15.4 Å². The zero-order chi connectivity index (χ0) is 13.9. The molecule has 1 atom stereocenters. The Morgan fingerprint density at radius 2 is 2.35 bits per heavy atom. The highest BCUT2D eigenvalue weighted by Gasteiger charge is 2.28. The summed E-state index contributed by atoms with van der Waals surface area (Å²) in [5.41, 5.74) is 1.41. The Bertz CT molecular complexity index is 606. The zero-order valence-corrected chi connectivity index (χ0v) is 11.6. The molecule has 6 nitrogen and oxygen atoms in total. The van der Waals surface area contributed by atoms with Crippen molar-refractivity contribution in [2.45, 2.75) is 25.3 Å². The van der Waals surface area contributed by atoms with Crippen LogP contribution < -0.4 is 5.32 Å². The van der Waals surface area contributed by atoms with Gasteiger partial charge in [-0.25, -0.2) is 4.52 Å². The molecule has 1 fully saturated rings. The molecule has 0 spiro atoms. The van der Waals surface area contributed by atoms with Crippen LogP contribution in [0, 0.1) is 0 Å². The van der Waals surface area contributed by atoms with Crippen molar-refractivity contribution < 1.29 is 4.79 Å². The van der Waals surface area contributed by atoms with Crippen molar-refractivity contribution in [3.8, 4) is 0 Å². The molecule has 1 aliphatic rings. The highest BCUT2D eigenvalue weighted by Crippen LogP contribution is 2.21. The summed E-state index contributed by atoms with van der Waals surface area (Å²) >= 11 is 0.